The topological polar surface area (TPSA) is 61.4 Å². The number of anilines is 1. The summed E-state index contributed by atoms with van der Waals surface area (Å²) in [6, 6.07) is 4.79. The summed E-state index contributed by atoms with van der Waals surface area (Å²) in [5.41, 5.74) is 0.502. The van der Waals surface area contributed by atoms with E-state index in [1.165, 1.54) is 0 Å². The van der Waals surface area contributed by atoms with Crippen LogP contribution in [0.2, 0.25) is 10.0 Å². The van der Waals surface area contributed by atoms with Crippen molar-refractivity contribution in [3.63, 3.8) is 0 Å². The minimum atomic E-state index is -0.351. The molecule has 1 aliphatic rings. The van der Waals surface area contributed by atoms with Gasteiger partial charge in [0.2, 0.25) is 11.8 Å². The predicted molar refractivity (Wildman–Crippen MR) is 107 cm³/mol. The van der Waals surface area contributed by atoms with Gasteiger partial charge in [-0.25, -0.2) is 0 Å². The highest BCUT2D eigenvalue weighted by atomic mass is 35.5. The lowest BCUT2D eigenvalue weighted by atomic mass is 9.95. The van der Waals surface area contributed by atoms with Gasteiger partial charge in [-0.3, -0.25) is 14.5 Å². The van der Waals surface area contributed by atoms with Crippen LogP contribution in [0.15, 0.2) is 18.2 Å². The van der Waals surface area contributed by atoms with Gasteiger partial charge < -0.3 is 10.6 Å². The van der Waals surface area contributed by atoms with Gasteiger partial charge in [0.25, 0.3) is 0 Å². The number of likely N-dealkylation sites (tertiary alicyclic amines) is 1. The van der Waals surface area contributed by atoms with Crippen LogP contribution in [0.3, 0.4) is 0 Å². The fourth-order valence-electron chi connectivity index (χ4n) is 3.11. The summed E-state index contributed by atoms with van der Waals surface area (Å²) in [6.07, 6.45) is 3.81. The number of hydrogen-bond acceptors (Lipinski definition) is 3. The first-order valence-corrected chi connectivity index (χ1v) is 9.96. The van der Waals surface area contributed by atoms with Gasteiger partial charge >= 0.3 is 0 Å². The zero-order valence-corrected chi connectivity index (χ0v) is 16.9. The van der Waals surface area contributed by atoms with Gasteiger partial charge in [-0.1, -0.05) is 42.6 Å². The van der Waals surface area contributed by atoms with Crippen molar-refractivity contribution < 1.29 is 9.59 Å². The molecule has 1 aliphatic heterocycles. The van der Waals surface area contributed by atoms with Gasteiger partial charge in [0.1, 0.15) is 0 Å². The van der Waals surface area contributed by atoms with Crippen LogP contribution in [0.25, 0.3) is 0 Å². The van der Waals surface area contributed by atoms with E-state index in [2.05, 4.69) is 22.5 Å². The molecule has 0 saturated carbocycles. The molecule has 1 fully saturated rings. The molecule has 0 aromatic heterocycles. The molecule has 1 heterocycles. The summed E-state index contributed by atoms with van der Waals surface area (Å²) in [4.78, 5) is 27.0. The first-order valence-electron chi connectivity index (χ1n) is 9.20. The molecule has 0 bridgehead atoms. The Kier molecular flexibility index (Phi) is 8.19. The Balaban J connectivity index is 1.93. The van der Waals surface area contributed by atoms with Gasteiger partial charge in [0.05, 0.1) is 27.7 Å². The Hall–Kier alpha value is -1.30. The van der Waals surface area contributed by atoms with Gasteiger partial charge in [-0.2, -0.15) is 0 Å². The molecule has 2 N–H and O–H groups in total. The maximum atomic E-state index is 12.6. The van der Waals surface area contributed by atoms with Crippen molar-refractivity contribution in [2.75, 3.05) is 25.0 Å². The zero-order valence-electron chi connectivity index (χ0n) is 15.4. The smallest absolute Gasteiger partial charge is 0.241 e. The molecular formula is C19H27Cl2N3O2. The Labute approximate surface area is 165 Å². The number of hydrogen-bond donors (Lipinski definition) is 2. The maximum Gasteiger partial charge on any atom is 0.241 e. The van der Waals surface area contributed by atoms with E-state index in [9.17, 15) is 9.59 Å². The largest absolute Gasteiger partial charge is 0.356 e. The standard InChI is InChI=1S/C19H27Cl2N3O2/c1-3-4-10-22-19(26)14-7-6-11-24(12-14)13(2)18(25)23-16-9-5-8-15(20)17(16)21/h5,8-9,13-14H,3-4,6-7,10-12H2,1-2H3,(H,22,26)(H,23,25)/t13-,14-/m1/s1. The average Bonchev–Trinajstić information content (AvgIpc) is 2.65. The van der Waals surface area contributed by atoms with Gasteiger partial charge in [0.15, 0.2) is 0 Å². The quantitative estimate of drug-likeness (QED) is 0.682. The second kappa shape index (κ2) is 10.1. The zero-order chi connectivity index (χ0) is 19.1. The Morgan fingerprint density at radius 3 is 2.85 bits per heavy atom. The van der Waals surface area contributed by atoms with Crippen LogP contribution in [0.1, 0.15) is 39.5 Å². The van der Waals surface area contributed by atoms with Crippen LogP contribution in [-0.4, -0.2) is 42.4 Å². The number of unbranched alkanes of at least 4 members (excludes halogenated alkanes) is 1. The van der Waals surface area contributed by atoms with Crippen molar-refractivity contribution in [1.29, 1.82) is 0 Å². The van der Waals surface area contributed by atoms with Gasteiger partial charge in [0, 0.05) is 13.1 Å². The van der Waals surface area contributed by atoms with E-state index in [-0.39, 0.29) is 23.8 Å². The number of carbonyl (C=O) groups excluding carboxylic acids is 2. The van der Waals surface area contributed by atoms with Crippen LogP contribution in [0, 0.1) is 5.92 Å². The summed E-state index contributed by atoms with van der Waals surface area (Å²) in [6.45, 7) is 6.06. The lowest BCUT2D eigenvalue weighted by Gasteiger charge is -2.35. The number of amides is 2. The van der Waals surface area contributed by atoms with Crippen molar-refractivity contribution in [2.45, 2.75) is 45.6 Å². The Morgan fingerprint density at radius 1 is 1.35 bits per heavy atom. The molecule has 5 nitrogen and oxygen atoms in total. The number of benzene rings is 1. The van der Waals surface area contributed by atoms with Crippen LogP contribution in [-0.2, 0) is 9.59 Å². The Morgan fingerprint density at radius 2 is 2.12 bits per heavy atom. The third-order valence-electron chi connectivity index (χ3n) is 4.79. The first-order chi connectivity index (χ1) is 12.4. The van der Waals surface area contributed by atoms with Crippen molar-refractivity contribution in [3.05, 3.63) is 28.2 Å². The number of nitrogens with zero attached hydrogens (tertiary/aromatic N) is 1. The molecule has 2 atom stereocenters. The molecule has 0 unspecified atom stereocenters. The van der Waals surface area contributed by atoms with E-state index in [1.54, 1.807) is 18.2 Å². The number of carbonyl (C=O) groups is 2. The molecule has 7 heteroatoms. The van der Waals surface area contributed by atoms with E-state index < -0.39 is 0 Å². The lowest BCUT2D eigenvalue weighted by Crippen LogP contribution is -2.50. The molecule has 2 amide bonds. The first kappa shape index (κ1) is 21.0. The monoisotopic (exact) mass is 399 g/mol. The summed E-state index contributed by atoms with van der Waals surface area (Å²) >= 11 is 12.1. The lowest BCUT2D eigenvalue weighted by molar-refractivity contribution is -0.129. The molecule has 1 saturated heterocycles. The van der Waals surface area contributed by atoms with Crippen LogP contribution < -0.4 is 10.6 Å². The fourth-order valence-corrected chi connectivity index (χ4v) is 3.46. The predicted octanol–water partition coefficient (Wildman–Crippen LogP) is 3.95. The van der Waals surface area contributed by atoms with E-state index in [0.717, 1.165) is 38.8 Å². The normalized spacial score (nSPS) is 19.0. The number of nitrogens with one attached hydrogen (secondary N) is 2. The molecule has 26 heavy (non-hydrogen) atoms. The van der Waals surface area contributed by atoms with E-state index >= 15 is 0 Å². The molecule has 0 radical (unpaired) electrons. The SMILES string of the molecule is CCCCNC(=O)[C@@H]1CCCN([C@H](C)C(=O)Nc2cccc(Cl)c2Cl)C1. The highest BCUT2D eigenvalue weighted by molar-refractivity contribution is 6.44. The summed E-state index contributed by atoms with van der Waals surface area (Å²) in [5, 5.41) is 6.57. The van der Waals surface area contributed by atoms with Crippen molar-refractivity contribution >= 4 is 40.7 Å². The van der Waals surface area contributed by atoms with Crippen LogP contribution in [0.4, 0.5) is 5.69 Å². The number of rotatable bonds is 7. The third kappa shape index (κ3) is 5.60. The summed E-state index contributed by atoms with van der Waals surface area (Å²) < 4.78 is 0. The molecular weight excluding hydrogens is 373 g/mol. The minimum absolute atomic E-state index is 0.0642. The molecule has 0 aliphatic carbocycles. The second-order valence-electron chi connectivity index (χ2n) is 6.75. The third-order valence-corrected chi connectivity index (χ3v) is 5.61. The van der Waals surface area contributed by atoms with Crippen molar-refractivity contribution in [2.24, 2.45) is 5.92 Å². The Bertz CT molecular complexity index is 639. The molecule has 1 aromatic rings. The second-order valence-corrected chi connectivity index (χ2v) is 7.53. The fraction of sp³-hybridized carbons (Fsp3) is 0.579. The highest BCUT2D eigenvalue weighted by Gasteiger charge is 2.30. The van der Waals surface area contributed by atoms with E-state index in [4.69, 9.17) is 23.2 Å². The highest BCUT2D eigenvalue weighted by Crippen LogP contribution is 2.30. The minimum Gasteiger partial charge on any atom is -0.356 e. The molecule has 1 aromatic carbocycles. The average molecular weight is 400 g/mol. The number of piperidine rings is 1. The van der Waals surface area contributed by atoms with Crippen molar-refractivity contribution in [1.82, 2.24) is 10.2 Å². The molecule has 144 valence electrons. The van der Waals surface area contributed by atoms with Crippen LogP contribution >= 0.6 is 23.2 Å². The van der Waals surface area contributed by atoms with E-state index in [0.29, 0.717) is 22.3 Å². The number of halogens is 2. The molecule has 0 spiro atoms. The van der Waals surface area contributed by atoms with Crippen molar-refractivity contribution in [3.8, 4) is 0 Å². The van der Waals surface area contributed by atoms with Crippen LogP contribution in [0.5, 0.6) is 0 Å². The summed E-state index contributed by atoms with van der Waals surface area (Å²) in [7, 11) is 0. The van der Waals surface area contributed by atoms with Gasteiger partial charge in [-0.05, 0) is 44.9 Å². The molecule has 2 rings (SSSR count). The van der Waals surface area contributed by atoms with E-state index in [1.807, 2.05) is 6.92 Å². The summed E-state index contributed by atoms with van der Waals surface area (Å²) in [5.74, 6) is -0.125. The van der Waals surface area contributed by atoms with Gasteiger partial charge in [-0.15, -0.1) is 0 Å². The maximum absolute atomic E-state index is 12.6.